The molecule has 0 spiro atoms. The highest BCUT2D eigenvalue weighted by atomic mass is 16.5. The van der Waals surface area contributed by atoms with Crippen molar-refractivity contribution in [3.8, 4) is 0 Å². The summed E-state index contributed by atoms with van der Waals surface area (Å²) in [6, 6.07) is 1.81. The van der Waals surface area contributed by atoms with Crippen molar-refractivity contribution in [2.45, 2.75) is 20.0 Å². The second kappa shape index (κ2) is 5.39. The van der Waals surface area contributed by atoms with Crippen LogP contribution in [0.4, 0.5) is 5.82 Å². The molecule has 1 aromatic rings. The molecule has 0 amide bonds. The topological polar surface area (TPSA) is 76.3 Å². The monoisotopic (exact) mass is 237 g/mol. The molecule has 94 valence electrons. The van der Waals surface area contributed by atoms with Crippen molar-refractivity contribution >= 4 is 5.82 Å². The van der Waals surface area contributed by atoms with E-state index in [1.54, 1.807) is 0 Å². The Balaban J connectivity index is 2.18. The summed E-state index contributed by atoms with van der Waals surface area (Å²) in [6.07, 6.45) is -0.0595. The fraction of sp³-hybridized carbons (Fsp3) is 0.636. The quantitative estimate of drug-likeness (QED) is 0.587. The molecule has 6 heteroatoms. The van der Waals surface area contributed by atoms with Crippen LogP contribution in [0.3, 0.4) is 0 Å². The van der Waals surface area contributed by atoms with E-state index in [1.165, 1.54) is 0 Å². The molecule has 3 N–H and O–H groups in total. The Bertz CT molecular complexity index is 384. The fourth-order valence-electron chi connectivity index (χ4n) is 1.96. The van der Waals surface area contributed by atoms with Crippen LogP contribution in [0.25, 0.3) is 0 Å². The fourth-order valence-corrected chi connectivity index (χ4v) is 1.96. The second-order valence-corrected chi connectivity index (χ2v) is 4.15. The van der Waals surface area contributed by atoms with Crippen LogP contribution in [0, 0.1) is 6.92 Å². The molecule has 0 bridgehead atoms. The van der Waals surface area contributed by atoms with E-state index in [0.717, 1.165) is 31.9 Å². The van der Waals surface area contributed by atoms with Crippen LogP contribution in [-0.4, -0.2) is 41.1 Å². The van der Waals surface area contributed by atoms with E-state index in [9.17, 15) is 0 Å². The number of likely N-dealkylation sites (N-methyl/N-ethyl adjacent to an activating group) is 1. The van der Waals surface area contributed by atoms with Gasteiger partial charge in [0.2, 0.25) is 0 Å². The summed E-state index contributed by atoms with van der Waals surface area (Å²) >= 11 is 0. The minimum absolute atomic E-state index is 0.0595. The van der Waals surface area contributed by atoms with Crippen molar-refractivity contribution in [2.75, 3.05) is 31.7 Å². The minimum atomic E-state index is -0.0595. The Kier molecular flexibility index (Phi) is 3.88. The lowest BCUT2D eigenvalue weighted by Gasteiger charge is -2.31. The number of rotatable bonds is 3. The number of aromatic nitrogens is 2. The zero-order chi connectivity index (χ0) is 12.3. The van der Waals surface area contributed by atoms with Gasteiger partial charge in [-0.25, -0.2) is 15.8 Å². The van der Waals surface area contributed by atoms with Gasteiger partial charge in [0, 0.05) is 24.8 Å². The molecule has 1 aromatic heterocycles. The summed E-state index contributed by atoms with van der Waals surface area (Å²) in [6.45, 7) is 7.62. The highest BCUT2D eigenvalue weighted by molar-refractivity contribution is 5.34. The van der Waals surface area contributed by atoms with E-state index in [-0.39, 0.29) is 6.10 Å². The van der Waals surface area contributed by atoms with Gasteiger partial charge < -0.3 is 10.2 Å². The highest BCUT2D eigenvalue weighted by Gasteiger charge is 2.23. The minimum Gasteiger partial charge on any atom is -0.368 e. The van der Waals surface area contributed by atoms with Gasteiger partial charge in [0.25, 0.3) is 0 Å². The number of nitrogens with one attached hydrogen (secondary N) is 1. The largest absolute Gasteiger partial charge is 0.368 e. The molecule has 6 nitrogen and oxygen atoms in total. The molecule has 17 heavy (non-hydrogen) atoms. The van der Waals surface area contributed by atoms with Crippen LogP contribution < -0.4 is 11.3 Å². The predicted molar refractivity (Wildman–Crippen MR) is 65.4 cm³/mol. The van der Waals surface area contributed by atoms with E-state index in [2.05, 4.69) is 27.2 Å². The molecule has 1 atom stereocenters. The smallest absolute Gasteiger partial charge is 0.161 e. The Morgan fingerprint density at radius 1 is 1.59 bits per heavy atom. The predicted octanol–water partition coefficient (Wildman–Crippen LogP) is 0.464. The Hall–Kier alpha value is -1.24. The molecule has 1 aliphatic rings. The molecule has 0 aliphatic carbocycles. The number of nitrogen functional groups attached to an aromatic ring is 1. The Labute approximate surface area is 101 Å². The number of ether oxygens (including phenoxy) is 1. The maximum Gasteiger partial charge on any atom is 0.161 e. The zero-order valence-electron chi connectivity index (χ0n) is 10.3. The number of hydrogen-bond donors (Lipinski definition) is 2. The van der Waals surface area contributed by atoms with Crippen LogP contribution in [0.15, 0.2) is 6.07 Å². The number of hydrazine groups is 1. The third-order valence-electron chi connectivity index (χ3n) is 2.91. The first-order valence-corrected chi connectivity index (χ1v) is 5.89. The molecule has 0 radical (unpaired) electrons. The third kappa shape index (κ3) is 2.91. The average Bonchev–Trinajstić information content (AvgIpc) is 2.38. The zero-order valence-corrected chi connectivity index (χ0v) is 10.3. The molecule has 0 aromatic carbocycles. The number of aryl methyl sites for hydroxylation is 1. The molecule has 1 aliphatic heterocycles. The van der Waals surface area contributed by atoms with E-state index in [4.69, 9.17) is 10.6 Å². The maximum atomic E-state index is 5.72. The molecule has 0 saturated carbocycles. The lowest BCUT2D eigenvalue weighted by atomic mass is 10.2. The summed E-state index contributed by atoms with van der Waals surface area (Å²) in [5, 5.41) is 0. The second-order valence-electron chi connectivity index (χ2n) is 4.15. The van der Waals surface area contributed by atoms with Gasteiger partial charge in [-0.15, -0.1) is 0 Å². The van der Waals surface area contributed by atoms with E-state index >= 15 is 0 Å². The van der Waals surface area contributed by atoms with Gasteiger partial charge in [-0.05, 0) is 13.5 Å². The van der Waals surface area contributed by atoms with Gasteiger partial charge >= 0.3 is 0 Å². The van der Waals surface area contributed by atoms with Crippen molar-refractivity contribution in [3.63, 3.8) is 0 Å². The van der Waals surface area contributed by atoms with Gasteiger partial charge in [0.15, 0.2) is 5.82 Å². The van der Waals surface area contributed by atoms with Gasteiger partial charge in [-0.2, -0.15) is 0 Å². The number of anilines is 1. The van der Waals surface area contributed by atoms with E-state index < -0.39 is 0 Å². The van der Waals surface area contributed by atoms with Crippen LogP contribution in [0.5, 0.6) is 0 Å². The summed E-state index contributed by atoms with van der Waals surface area (Å²) in [7, 11) is 0. The number of hydrogen-bond acceptors (Lipinski definition) is 6. The van der Waals surface area contributed by atoms with Gasteiger partial charge in [-0.3, -0.25) is 4.90 Å². The molecule has 2 rings (SSSR count). The molecular formula is C11H19N5O. The van der Waals surface area contributed by atoms with Crippen LogP contribution in [0.2, 0.25) is 0 Å². The van der Waals surface area contributed by atoms with Crippen molar-refractivity contribution < 1.29 is 4.74 Å². The van der Waals surface area contributed by atoms with Gasteiger partial charge in [0.1, 0.15) is 11.9 Å². The molecular weight excluding hydrogens is 218 g/mol. The van der Waals surface area contributed by atoms with Crippen molar-refractivity contribution in [1.82, 2.24) is 14.9 Å². The normalized spacial score (nSPS) is 21.5. The molecule has 2 heterocycles. The summed E-state index contributed by atoms with van der Waals surface area (Å²) < 4.78 is 5.72. The summed E-state index contributed by atoms with van der Waals surface area (Å²) in [5.41, 5.74) is 3.44. The first-order valence-electron chi connectivity index (χ1n) is 5.89. The van der Waals surface area contributed by atoms with Crippen molar-refractivity contribution in [3.05, 3.63) is 17.6 Å². The van der Waals surface area contributed by atoms with E-state index in [1.807, 2.05) is 13.0 Å². The summed E-state index contributed by atoms with van der Waals surface area (Å²) in [5.74, 6) is 6.71. The number of morpholine rings is 1. The molecule has 1 unspecified atom stereocenters. The lowest BCUT2D eigenvalue weighted by molar-refractivity contribution is -0.0325. The van der Waals surface area contributed by atoms with E-state index in [0.29, 0.717) is 11.6 Å². The van der Waals surface area contributed by atoms with Gasteiger partial charge in [0.05, 0.1) is 6.61 Å². The van der Waals surface area contributed by atoms with Gasteiger partial charge in [-0.1, -0.05) is 6.92 Å². The Morgan fingerprint density at radius 3 is 3.12 bits per heavy atom. The van der Waals surface area contributed by atoms with Crippen molar-refractivity contribution in [2.24, 2.45) is 5.84 Å². The SMILES string of the molecule is CCN1CCOC(c2nc(C)cc(NN)n2)C1. The lowest BCUT2D eigenvalue weighted by Crippen LogP contribution is -2.38. The maximum absolute atomic E-state index is 5.72. The summed E-state index contributed by atoms with van der Waals surface area (Å²) in [4.78, 5) is 11.1. The van der Waals surface area contributed by atoms with Crippen LogP contribution in [-0.2, 0) is 4.74 Å². The number of nitrogens with two attached hydrogens (primary N) is 1. The van der Waals surface area contributed by atoms with Crippen LogP contribution >= 0.6 is 0 Å². The first-order chi connectivity index (χ1) is 8.22. The average molecular weight is 237 g/mol. The number of nitrogens with zero attached hydrogens (tertiary/aromatic N) is 3. The van der Waals surface area contributed by atoms with Crippen molar-refractivity contribution in [1.29, 1.82) is 0 Å². The molecule has 1 fully saturated rings. The molecule has 1 saturated heterocycles. The Morgan fingerprint density at radius 2 is 2.41 bits per heavy atom. The first kappa shape index (κ1) is 12.2. The highest BCUT2D eigenvalue weighted by Crippen LogP contribution is 2.20. The van der Waals surface area contributed by atoms with Crippen LogP contribution in [0.1, 0.15) is 24.5 Å². The standard InChI is InChI=1S/C11H19N5O/c1-3-16-4-5-17-9(7-16)11-13-8(2)6-10(14-11)15-12/h6,9H,3-5,7,12H2,1-2H3,(H,13,14,15). The third-order valence-corrected chi connectivity index (χ3v) is 2.91.